The van der Waals surface area contributed by atoms with Crippen molar-refractivity contribution in [1.29, 1.82) is 0 Å². The lowest BCUT2D eigenvalue weighted by molar-refractivity contribution is -0.109. The van der Waals surface area contributed by atoms with Crippen LogP contribution >= 0.6 is 11.8 Å². The number of thioether (sulfide) groups is 1. The van der Waals surface area contributed by atoms with Crippen molar-refractivity contribution >= 4 is 16.9 Å². The van der Waals surface area contributed by atoms with Crippen molar-refractivity contribution in [1.82, 2.24) is 5.32 Å². The zero-order chi connectivity index (χ0) is 9.68. The summed E-state index contributed by atoms with van der Waals surface area (Å²) >= 11 is 1.37. The molecule has 0 spiro atoms. The van der Waals surface area contributed by atoms with E-state index in [9.17, 15) is 4.79 Å². The maximum absolute atomic E-state index is 10.9. The average Bonchev–Trinajstić information content (AvgIpc) is 2.08. The number of hydrogen-bond acceptors (Lipinski definition) is 4. The van der Waals surface area contributed by atoms with Crippen molar-refractivity contribution in [2.24, 2.45) is 0 Å². The van der Waals surface area contributed by atoms with Crippen molar-refractivity contribution in [2.75, 3.05) is 19.7 Å². The van der Waals surface area contributed by atoms with Crippen LogP contribution in [0.25, 0.3) is 0 Å². The number of aliphatic hydroxyl groups excluding tert-OH is 1. The molecule has 0 aromatic carbocycles. The van der Waals surface area contributed by atoms with Gasteiger partial charge in [0.05, 0.1) is 6.61 Å². The molecule has 1 aliphatic heterocycles. The topological polar surface area (TPSA) is 49.3 Å². The summed E-state index contributed by atoms with van der Waals surface area (Å²) in [5, 5.41) is 12.4. The van der Waals surface area contributed by atoms with E-state index in [1.807, 2.05) is 0 Å². The van der Waals surface area contributed by atoms with Crippen molar-refractivity contribution in [3.63, 3.8) is 0 Å². The lowest BCUT2D eigenvalue weighted by Gasteiger charge is -2.24. The zero-order valence-corrected chi connectivity index (χ0v) is 8.56. The third-order valence-corrected chi connectivity index (χ3v) is 3.14. The molecule has 0 radical (unpaired) electrons. The Kier molecular flexibility index (Phi) is 4.48. The number of piperidine rings is 1. The van der Waals surface area contributed by atoms with Gasteiger partial charge in [-0.05, 0) is 18.5 Å². The van der Waals surface area contributed by atoms with Gasteiger partial charge in [-0.15, -0.1) is 0 Å². The van der Waals surface area contributed by atoms with Crippen LogP contribution in [0.5, 0.6) is 0 Å². The summed E-state index contributed by atoms with van der Waals surface area (Å²) in [5.41, 5.74) is 1.15. The van der Waals surface area contributed by atoms with Gasteiger partial charge in [0.2, 0.25) is 0 Å². The van der Waals surface area contributed by atoms with Gasteiger partial charge in [0.1, 0.15) is 0 Å². The molecular weight excluding hydrogens is 186 g/mol. The van der Waals surface area contributed by atoms with Gasteiger partial charge in [-0.25, -0.2) is 0 Å². The second-order valence-electron chi connectivity index (χ2n) is 3.03. The molecule has 1 heterocycles. The van der Waals surface area contributed by atoms with Gasteiger partial charge in [-0.2, -0.15) is 0 Å². The molecule has 1 fully saturated rings. The highest BCUT2D eigenvalue weighted by Crippen LogP contribution is 2.24. The molecule has 1 atom stereocenters. The van der Waals surface area contributed by atoms with Crippen LogP contribution in [-0.4, -0.2) is 35.2 Å². The predicted octanol–water partition coefficient (Wildman–Crippen LogP) is 0.547. The Morgan fingerprint density at radius 2 is 2.62 bits per heavy atom. The van der Waals surface area contributed by atoms with Gasteiger partial charge in [0.25, 0.3) is 0 Å². The van der Waals surface area contributed by atoms with E-state index in [1.165, 1.54) is 11.8 Å². The normalized spacial score (nSPS) is 26.3. The summed E-state index contributed by atoms with van der Waals surface area (Å²) in [5.74, 6) is 0. The predicted molar refractivity (Wildman–Crippen MR) is 54.7 cm³/mol. The molecule has 4 heteroatoms. The SMILES string of the molecule is CC(=O)SC1CCNC/C1=C\CO. The minimum Gasteiger partial charge on any atom is -0.392 e. The Bertz CT molecular complexity index is 216. The fourth-order valence-corrected chi connectivity index (χ4v) is 2.39. The molecule has 1 aliphatic rings. The largest absolute Gasteiger partial charge is 0.392 e. The molecule has 74 valence electrons. The van der Waals surface area contributed by atoms with Gasteiger partial charge in [0, 0.05) is 18.7 Å². The Morgan fingerprint density at radius 1 is 1.85 bits per heavy atom. The van der Waals surface area contributed by atoms with E-state index in [2.05, 4.69) is 5.32 Å². The summed E-state index contributed by atoms with van der Waals surface area (Å²) in [6.45, 7) is 3.40. The lowest BCUT2D eigenvalue weighted by atomic mass is 10.1. The average molecular weight is 201 g/mol. The minimum absolute atomic E-state index is 0.0615. The first-order valence-electron chi connectivity index (χ1n) is 4.41. The third-order valence-electron chi connectivity index (χ3n) is 1.99. The van der Waals surface area contributed by atoms with Crippen LogP contribution in [0.3, 0.4) is 0 Å². The number of hydrogen-bond donors (Lipinski definition) is 2. The van der Waals surface area contributed by atoms with E-state index in [1.54, 1.807) is 13.0 Å². The maximum atomic E-state index is 10.9. The number of carbonyl (C=O) groups is 1. The number of carbonyl (C=O) groups excluding carboxylic acids is 1. The monoisotopic (exact) mass is 201 g/mol. The molecule has 2 N–H and O–H groups in total. The molecule has 0 bridgehead atoms. The summed E-state index contributed by atoms with van der Waals surface area (Å²) < 4.78 is 0. The molecule has 13 heavy (non-hydrogen) atoms. The Hall–Kier alpha value is -0.320. The van der Waals surface area contributed by atoms with Crippen LogP contribution in [0.15, 0.2) is 11.6 Å². The van der Waals surface area contributed by atoms with Gasteiger partial charge in [-0.3, -0.25) is 4.79 Å². The van der Waals surface area contributed by atoms with Gasteiger partial charge in [0.15, 0.2) is 5.12 Å². The number of rotatable bonds is 2. The highest BCUT2D eigenvalue weighted by molar-refractivity contribution is 8.14. The van der Waals surface area contributed by atoms with Crippen molar-refractivity contribution in [3.8, 4) is 0 Å². The number of aliphatic hydroxyl groups is 1. The lowest BCUT2D eigenvalue weighted by Crippen LogP contribution is -2.32. The molecule has 1 unspecified atom stereocenters. The summed E-state index contributed by atoms with van der Waals surface area (Å²) in [6.07, 6.45) is 2.77. The van der Waals surface area contributed by atoms with Crippen molar-refractivity contribution in [2.45, 2.75) is 18.6 Å². The van der Waals surface area contributed by atoms with E-state index < -0.39 is 0 Å². The van der Waals surface area contributed by atoms with Crippen LogP contribution in [0.4, 0.5) is 0 Å². The minimum atomic E-state index is 0.0615. The second-order valence-corrected chi connectivity index (χ2v) is 4.40. The van der Waals surface area contributed by atoms with E-state index in [4.69, 9.17) is 5.11 Å². The van der Waals surface area contributed by atoms with E-state index in [0.717, 1.165) is 25.1 Å². The first-order chi connectivity index (χ1) is 6.24. The third kappa shape index (κ3) is 3.50. The van der Waals surface area contributed by atoms with E-state index >= 15 is 0 Å². The fraction of sp³-hybridized carbons (Fsp3) is 0.667. The Balaban J connectivity index is 2.56. The summed E-state index contributed by atoms with van der Waals surface area (Å²) in [7, 11) is 0. The van der Waals surface area contributed by atoms with Crippen LogP contribution < -0.4 is 5.32 Å². The van der Waals surface area contributed by atoms with Gasteiger partial charge in [-0.1, -0.05) is 17.8 Å². The molecule has 3 nitrogen and oxygen atoms in total. The molecule has 0 aromatic heterocycles. The maximum Gasteiger partial charge on any atom is 0.186 e. The standard InChI is InChI=1S/C9H15NO2S/c1-7(12)13-9-2-4-10-6-8(9)3-5-11/h3,9-11H,2,4-6H2,1H3/b8-3+. The molecule has 0 saturated carbocycles. The quantitative estimate of drug-likeness (QED) is 0.640. The van der Waals surface area contributed by atoms with E-state index in [0.29, 0.717) is 0 Å². The molecule has 0 aromatic rings. The van der Waals surface area contributed by atoms with E-state index in [-0.39, 0.29) is 17.0 Å². The molecule has 0 amide bonds. The first-order valence-corrected chi connectivity index (χ1v) is 5.29. The van der Waals surface area contributed by atoms with Crippen molar-refractivity contribution < 1.29 is 9.90 Å². The van der Waals surface area contributed by atoms with Crippen molar-refractivity contribution in [3.05, 3.63) is 11.6 Å². The first kappa shape index (κ1) is 10.8. The highest BCUT2D eigenvalue weighted by Gasteiger charge is 2.19. The van der Waals surface area contributed by atoms with Crippen LogP contribution in [-0.2, 0) is 4.79 Å². The van der Waals surface area contributed by atoms with Gasteiger partial charge < -0.3 is 10.4 Å². The summed E-state index contributed by atoms with van der Waals surface area (Å²) in [6, 6.07) is 0. The van der Waals surface area contributed by atoms with Gasteiger partial charge >= 0.3 is 0 Å². The second kappa shape index (κ2) is 5.42. The molecule has 1 saturated heterocycles. The highest BCUT2D eigenvalue weighted by atomic mass is 32.2. The fourth-order valence-electron chi connectivity index (χ4n) is 1.42. The van der Waals surface area contributed by atoms with Crippen LogP contribution in [0, 0.1) is 0 Å². The Labute approximate surface area is 82.6 Å². The van der Waals surface area contributed by atoms with Crippen LogP contribution in [0.2, 0.25) is 0 Å². The molecule has 1 rings (SSSR count). The summed E-state index contributed by atoms with van der Waals surface area (Å²) in [4.78, 5) is 10.9. The number of nitrogens with one attached hydrogen (secondary N) is 1. The zero-order valence-electron chi connectivity index (χ0n) is 7.75. The van der Waals surface area contributed by atoms with Crippen LogP contribution in [0.1, 0.15) is 13.3 Å². The Morgan fingerprint density at radius 3 is 3.23 bits per heavy atom. The molecule has 0 aliphatic carbocycles. The molecular formula is C9H15NO2S. The smallest absolute Gasteiger partial charge is 0.186 e.